The van der Waals surface area contributed by atoms with E-state index < -0.39 is 5.91 Å². The van der Waals surface area contributed by atoms with Gasteiger partial charge in [-0.3, -0.25) is 10.2 Å². The number of hydrogen-bond donors (Lipinski definition) is 3. The highest BCUT2D eigenvalue weighted by molar-refractivity contribution is 9.10. The molecule has 0 aliphatic carbocycles. The number of phenolic OH excluding ortho intramolecular Hbond substituents is 1. The molecule has 1 heterocycles. The van der Waals surface area contributed by atoms with Crippen LogP contribution < -0.4 is 16.3 Å². The predicted octanol–water partition coefficient (Wildman–Crippen LogP) is 5.39. The van der Waals surface area contributed by atoms with Crippen molar-refractivity contribution in [1.82, 2.24) is 0 Å². The molecule has 3 N–H and O–H groups in total. The number of aromatic hydroxyl groups is 1. The van der Waals surface area contributed by atoms with Crippen LogP contribution in [0.1, 0.15) is 15.9 Å². The van der Waals surface area contributed by atoms with Gasteiger partial charge in [0.15, 0.2) is 0 Å². The van der Waals surface area contributed by atoms with Crippen LogP contribution in [0.3, 0.4) is 0 Å². The van der Waals surface area contributed by atoms with Crippen molar-refractivity contribution in [3.63, 3.8) is 0 Å². The van der Waals surface area contributed by atoms with E-state index in [9.17, 15) is 9.90 Å². The number of rotatable bonds is 4. The van der Waals surface area contributed by atoms with Gasteiger partial charge >= 0.3 is 0 Å². The minimum Gasteiger partial charge on any atom is -0.508 e. The lowest BCUT2D eigenvalue weighted by Crippen LogP contribution is -2.22. The van der Waals surface area contributed by atoms with E-state index in [1.165, 1.54) is 6.07 Å². The summed E-state index contributed by atoms with van der Waals surface area (Å²) in [6.45, 7) is 1.78. The molecule has 0 aliphatic rings. The summed E-state index contributed by atoms with van der Waals surface area (Å²) in [5.74, 6) is -0.298. The Kier molecular flexibility index (Phi) is 5.54. The summed E-state index contributed by atoms with van der Waals surface area (Å²) in [5.41, 5.74) is 5.86. The Bertz CT molecular complexity index is 1300. The van der Waals surface area contributed by atoms with Crippen molar-refractivity contribution >= 4 is 44.2 Å². The van der Waals surface area contributed by atoms with Gasteiger partial charge in [-0.15, -0.1) is 5.10 Å². The highest BCUT2D eigenvalue weighted by atomic mass is 79.9. The molecule has 0 spiro atoms. The average Bonchev–Trinajstić information content (AvgIpc) is 2.75. The van der Waals surface area contributed by atoms with Crippen LogP contribution in [0.4, 0.5) is 11.4 Å². The lowest BCUT2D eigenvalue weighted by molar-refractivity contribution is 0.102. The number of phenols is 1. The molecule has 6 nitrogen and oxygen atoms in total. The second-order valence-corrected chi connectivity index (χ2v) is 7.61. The van der Waals surface area contributed by atoms with Crippen molar-refractivity contribution in [2.24, 2.45) is 5.10 Å². The molecule has 0 atom stereocenters. The van der Waals surface area contributed by atoms with E-state index in [-0.39, 0.29) is 16.9 Å². The minimum atomic E-state index is -0.405. The van der Waals surface area contributed by atoms with E-state index in [2.05, 4.69) is 31.8 Å². The predicted molar refractivity (Wildman–Crippen MR) is 120 cm³/mol. The van der Waals surface area contributed by atoms with Gasteiger partial charge in [-0.2, -0.15) is 0 Å². The third-order valence-electron chi connectivity index (χ3n) is 4.48. The Morgan fingerprint density at radius 1 is 1.00 bits per heavy atom. The molecule has 30 heavy (non-hydrogen) atoms. The maximum atomic E-state index is 13.0. The number of carbonyl (C=O) groups excluding carboxylic acids is 1. The third-order valence-corrected chi connectivity index (χ3v) is 4.97. The van der Waals surface area contributed by atoms with Gasteiger partial charge in [-0.05, 0) is 55.0 Å². The van der Waals surface area contributed by atoms with E-state index in [0.29, 0.717) is 11.3 Å². The lowest BCUT2D eigenvalue weighted by Gasteiger charge is -2.09. The number of amides is 1. The molecule has 4 rings (SSSR count). The molecular weight excluding hydrogens is 446 g/mol. The van der Waals surface area contributed by atoms with Gasteiger partial charge in [0.25, 0.3) is 5.91 Å². The standard InChI is InChI=1S/C23H18BrN3O3/c1-14-7-9-18(13-20(14)28)25-22(29)19-12-15-11-16(24)8-10-21(15)30-23(19)27-26-17-5-3-2-4-6-17/h2-13,26,28H,1H3,(H,25,29)/b27-23+. The van der Waals surface area contributed by atoms with Gasteiger partial charge in [0.05, 0.1) is 5.69 Å². The number of benzene rings is 3. The summed E-state index contributed by atoms with van der Waals surface area (Å²) in [6, 6.07) is 21.6. The Hall–Kier alpha value is -3.58. The zero-order valence-corrected chi connectivity index (χ0v) is 17.6. The van der Waals surface area contributed by atoms with Crippen molar-refractivity contribution in [3.8, 4) is 5.75 Å². The van der Waals surface area contributed by atoms with Crippen LogP contribution in [0.15, 0.2) is 86.8 Å². The number of nitrogens with zero attached hydrogens (tertiary/aromatic N) is 1. The SMILES string of the molecule is Cc1ccc(NC(=O)c2cc3cc(Br)ccc3o/c2=N/Nc2ccccc2)cc1O. The third kappa shape index (κ3) is 4.36. The normalized spacial score (nSPS) is 11.5. The molecule has 7 heteroatoms. The highest BCUT2D eigenvalue weighted by Gasteiger charge is 2.14. The fourth-order valence-electron chi connectivity index (χ4n) is 2.86. The molecule has 1 aromatic heterocycles. The van der Waals surface area contributed by atoms with Crippen LogP contribution >= 0.6 is 15.9 Å². The van der Waals surface area contributed by atoms with E-state index in [4.69, 9.17) is 4.42 Å². The number of hydrogen-bond acceptors (Lipinski definition) is 5. The minimum absolute atomic E-state index is 0.107. The molecule has 0 unspecified atom stereocenters. The Labute approximate surface area is 181 Å². The molecule has 0 saturated carbocycles. The van der Waals surface area contributed by atoms with Crippen LogP contribution in [0, 0.1) is 6.92 Å². The highest BCUT2D eigenvalue weighted by Crippen LogP contribution is 2.22. The zero-order valence-electron chi connectivity index (χ0n) is 16.0. The summed E-state index contributed by atoms with van der Waals surface area (Å²) < 4.78 is 6.78. The van der Waals surface area contributed by atoms with Gasteiger partial charge in [0, 0.05) is 21.6 Å². The quantitative estimate of drug-likeness (QED) is 0.354. The maximum absolute atomic E-state index is 13.0. The first kappa shape index (κ1) is 19.7. The van der Waals surface area contributed by atoms with Crippen molar-refractivity contribution in [1.29, 1.82) is 0 Å². The van der Waals surface area contributed by atoms with Gasteiger partial charge < -0.3 is 14.8 Å². The summed E-state index contributed by atoms with van der Waals surface area (Å²) in [6.07, 6.45) is 0. The summed E-state index contributed by atoms with van der Waals surface area (Å²) in [4.78, 5) is 13.0. The van der Waals surface area contributed by atoms with E-state index in [1.54, 1.807) is 31.2 Å². The number of para-hydroxylation sites is 1. The molecule has 150 valence electrons. The number of fused-ring (bicyclic) bond motifs is 1. The molecule has 3 aromatic carbocycles. The van der Waals surface area contributed by atoms with Crippen molar-refractivity contribution in [2.75, 3.05) is 10.7 Å². The number of anilines is 2. The number of carbonyl (C=O) groups is 1. The van der Waals surface area contributed by atoms with Gasteiger partial charge in [-0.1, -0.05) is 40.2 Å². The van der Waals surface area contributed by atoms with Gasteiger partial charge in [0.2, 0.25) is 5.55 Å². The van der Waals surface area contributed by atoms with Crippen molar-refractivity contribution in [2.45, 2.75) is 6.92 Å². The van der Waals surface area contributed by atoms with Crippen molar-refractivity contribution < 1.29 is 14.3 Å². The fourth-order valence-corrected chi connectivity index (χ4v) is 3.24. The molecule has 4 aromatic rings. The lowest BCUT2D eigenvalue weighted by atomic mass is 10.1. The second kappa shape index (κ2) is 8.42. The van der Waals surface area contributed by atoms with E-state index >= 15 is 0 Å². The van der Waals surface area contributed by atoms with E-state index in [0.717, 1.165) is 21.1 Å². The number of aryl methyl sites for hydroxylation is 1. The summed E-state index contributed by atoms with van der Waals surface area (Å²) in [7, 11) is 0. The first-order valence-corrected chi connectivity index (χ1v) is 9.98. The monoisotopic (exact) mass is 463 g/mol. The van der Waals surface area contributed by atoms with Gasteiger partial charge in [-0.25, -0.2) is 0 Å². The van der Waals surface area contributed by atoms with Gasteiger partial charge in [0.1, 0.15) is 16.9 Å². The smallest absolute Gasteiger partial charge is 0.261 e. The number of halogens is 1. The first-order chi connectivity index (χ1) is 14.5. The summed E-state index contributed by atoms with van der Waals surface area (Å²) in [5, 5.41) is 17.8. The molecule has 1 amide bonds. The molecule has 0 aliphatic heterocycles. The van der Waals surface area contributed by atoms with Crippen LogP contribution in [-0.4, -0.2) is 11.0 Å². The summed E-state index contributed by atoms with van der Waals surface area (Å²) >= 11 is 3.44. The molecule has 0 saturated heterocycles. The molecule has 0 bridgehead atoms. The van der Waals surface area contributed by atoms with Crippen LogP contribution in [0.2, 0.25) is 0 Å². The zero-order chi connectivity index (χ0) is 21.1. The largest absolute Gasteiger partial charge is 0.508 e. The second-order valence-electron chi connectivity index (χ2n) is 6.69. The Morgan fingerprint density at radius 2 is 1.80 bits per heavy atom. The fraction of sp³-hybridized carbons (Fsp3) is 0.0435. The van der Waals surface area contributed by atoms with Crippen molar-refractivity contribution in [3.05, 3.63) is 94.0 Å². The topological polar surface area (TPSA) is 86.9 Å². The van der Waals surface area contributed by atoms with Crippen LogP contribution in [-0.2, 0) is 0 Å². The Balaban J connectivity index is 1.76. The van der Waals surface area contributed by atoms with Crippen LogP contribution in [0.5, 0.6) is 5.75 Å². The average molecular weight is 464 g/mol. The maximum Gasteiger partial charge on any atom is 0.261 e. The molecular formula is C23H18BrN3O3. The number of nitrogens with one attached hydrogen (secondary N) is 2. The van der Waals surface area contributed by atoms with E-state index in [1.807, 2.05) is 42.5 Å². The van der Waals surface area contributed by atoms with Crippen LogP contribution in [0.25, 0.3) is 11.0 Å². The first-order valence-electron chi connectivity index (χ1n) is 9.19. The molecule has 0 fully saturated rings. The Morgan fingerprint density at radius 3 is 2.57 bits per heavy atom. The molecule has 0 radical (unpaired) electrons.